The zero-order valence-corrected chi connectivity index (χ0v) is 12.5. The quantitative estimate of drug-likeness (QED) is 0.338. The van der Waals surface area contributed by atoms with Gasteiger partial charge in [0.05, 0.1) is 11.3 Å². The number of phenols is 1. The van der Waals surface area contributed by atoms with Crippen LogP contribution in [-0.4, -0.2) is 22.1 Å². The number of para-hydroxylation sites is 2. The Morgan fingerprint density at radius 3 is 2.04 bits per heavy atom. The summed E-state index contributed by atoms with van der Waals surface area (Å²) in [5.41, 5.74) is 2.29. The molecule has 0 unspecified atom stereocenters. The molecule has 3 aromatic rings. The normalized spacial score (nSPS) is 10.4. The molecule has 3 rings (SSSR count). The van der Waals surface area contributed by atoms with Gasteiger partial charge >= 0.3 is 0 Å². The van der Waals surface area contributed by atoms with E-state index in [2.05, 4.69) is 5.32 Å². The molecule has 0 saturated carbocycles. The van der Waals surface area contributed by atoms with Crippen molar-refractivity contribution in [2.75, 3.05) is 5.32 Å². The summed E-state index contributed by atoms with van der Waals surface area (Å²) in [6.45, 7) is 0. The summed E-state index contributed by atoms with van der Waals surface area (Å²) in [6, 6.07) is 16.3. The first-order valence-corrected chi connectivity index (χ1v) is 7.17. The van der Waals surface area contributed by atoms with Crippen LogP contribution in [0.5, 0.6) is 5.75 Å². The maximum absolute atomic E-state index is 12.6. The van der Waals surface area contributed by atoms with Gasteiger partial charge in [-0.05, 0) is 29.7 Å². The van der Waals surface area contributed by atoms with Crippen molar-refractivity contribution in [2.24, 2.45) is 0 Å². The maximum Gasteiger partial charge on any atom is 0.275 e. The fraction of sp³-hybridized carbons (Fsp3) is 0. The van der Waals surface area contributed by atoms with Crippen LogP contribution in [0, 0.1) is 0 Å². The van der Waals surface area contributed by atoms with Gasteiger partial charge in [0.1, 0.15) is 5.75 Å². The molecule has 0 aromatic heterocycles. The Bertz CT molecular complexity index is 932. The lowest BCUT2D eigenvalue weighted by atomic mass is 9.98. The second kappa shape index (κ2) is 6.39. The summed E-state index contributed by atoms with van der Waals surface area (Å²) in [7, 11) is 0. The van der Waals surface area contributed by atoms with Crippen molar-refractivity contribution in [1.82, 2.24) is 5.48 Å². The van der Waals surface area contributed by atoms with Gasteiger partial charge in [0.25, 0.3) is 11.8 Å². The molecule has 0 saturated heterocycles. The zero-order chi connectivity index (χ0) is 17.1. The molecule has 0 bridgehead atoms. The second-order valence-corrected chi connectivity index (χ2v) is 5.12. The van der Waals surface area contributed by atoms with Gasteiger partial charge in [-0.3, -0.25) is 14.8 Å². The molecule has 0 radical (unpaired) electrons. The highest BCUT2D eigenvalue weighted by molar-refractivity contribution is 6.18. The second-order valence-electron chi connectivity index (χ2n) is 5.12. The van der Waals surface area contributed by atoms with Gasteiger partial charge in [-0.1, -0.05) is 36.4 Å². The van der Waals surface area contributed by atoms with E-state index in [4.69, 9.17) is 5.21 Å². The first-order valence-electron chi connectivity index (χ1n) is 7.17. The van der Waals surface area contributed by atoms with E-state index in [9.17, 15) is 14.7 Å². The van der Waals surface area contributed by atoms with E-state index >= 15 is 0 Å². The summed E-state index contributed by atoms with van der Waals surface area (Å²) in [5.74, 6) is -1.23. The van der Waals surface area contributed by atoms with Gasteiger partial charge in [-0.25, -0.2) is 5.48 Å². The maximum atomic E-state index is 12.6. The van der Waals surface area contributed by atoms with Crippen LogP contribution in [0.2, 0.25) is 0 Å². The molecule has 120 valence electrons. The smallest absolute Gasteiger partial charge is 0.275 e. The molecule has 0 atom stereocenters. The van der Waals surface area contributed by atoms with Gasteiger partial charge in [0.2, 0.25) is 0 Å². The van der Waals surface area contributed by atoms with Crippen LogP contribution in [0.1, 0.15) is 20.7 Å². The van der Waals surface area contributed by atoms with Crippen molar-refractivity contribution in [3.05, 3.63) is 71.8 Å². The van der Waals surface area contributed by atoms with Crippen LogP contribution < -0.4 is 10.8 Å². The van der Waals surface area contributed by atoms with Crippen molar-refractivity contribution < 1.29 is 19.9 Å². The monoisotopic (exact) mass is 322 g/mol. The molecule has 3 aromatic carbocycles. The number of hydrogen-bond donors (Lipinski definition) is 4. The third kappa shape index (κ3) is 2.78. The van der Waals surface area contributed by atoms with Crippen molar-refractivity contribution >= 4 is 28.3 Å². The zero-order valence-electron chi connectivity index (χ0n) is 12.5. The summed E-state index contributed by atoms with van der Waals surface area (Å²) < 4.78 is 0. The Kier molecular flexibility index (Phi) is 4.13. The van der Waals surface area contributed by atoms with E-state index in [-0.39, 0.29) is 22.6 Å². The van der Waals surface area contributed by atoms with Gasteiger partial charge in [-0.15, -0.1) is 0 Å². The van der Waals surface area contributed by atoms with Crippen LogP contribution >= 0.6 is 0 Å². The molecule has 2 amide bonds. The topological polar surface area (TPSA) is 98.7 Å². The van der Waals surface area contributed by atoms with Crippen LogP contribution in [0.4, 0.5) is 5.69 Å². The van der Waals surface area contributed by atoms with E-state index in [0.717, 1.165) is 0 Å². The number of carbonyl (C=O) groups excluding carboxylic acids is 2. The van der Waals surface area contributed by atoms with Crippen molar-refractivity contribution in [3.8, 4) is 5.75 Å². The molecule has 6 nitrogen and oxygen atoms in total. The van der Waals surface area contributed by atoms with Crippen LogP contribution in [0.3, 0.4) is 0 Å². The minimum Gasteiger partial charge on any atom is -0.506 e. The highest BCUT2D eigenvalue weighted by Crippen LogP contribution is 2.26. The van der Waals surface area contributed by atoms with Crippen LogP contribution in [-0.2, 0) is 0 Å². The molecular weight excluding hydrogens is 308 g/mol. The summed E-state index contributed by atoms with van der Waals surface area (Å²) >= 11 is 0. The number of amides is 2. The predicted octanol–water partition coefficient (Wildman–Crippen LogP) is 2.92. The Morgan fingerprint density at radius 1 is 0.792 bits per heavy atom. The van der Waals surface area contributed by atoms with E-state index in [1.165, 1.54) is 12.1 Å². The predicted molar refractivity (Wildman–Crippen MR) is 89.3 cm³/mol. The van der Waals surface area contributed by atoms with E-state index in [1.807, 2.05) is 0 Å². The summed E-state index contributed by atoms with van der Waals surface area (Å²) in [6.07, 6.45) is 0. The van der Waals surface area contributed by atoms with Crippen molar-refractivity contribution in [2.45, 2.75) is 0 Å². The number of anilines is 1. The first-order chi connectivity index (χ1) is 11.6. The van der Waals surface area contributed by atoms with E-state index < -0.39 is 11.8 Å². The lowest BCUT2D eigenvalue weighted by Crippen LogP contribution is -2.20. The number of fused-ring (bicyclic) bond motifs is 1. The number of carbonyl (C=O) groups is 2. The number of phenolic OH excluding ortho intramolecular Hbond substituents is 1. The number of benzene rings is 3. The molecule has 0 heterocycles. The SMILES string of the molecule is O=C(NO)c1cccc2cccc(C(=O)Nc3ccccc3O)c12. The molecule has 6 heteroatoms. The standard InChI is InChI=1S/C18H14N2O4/c21-15-10-2-1-9-14(15)19-17(22)12-7-3-5-11-6-4-8-13(16(11)12)18(23)20-24/h1-10,21,24H,(H,19,22)(H,20,23). The lowest BCUT2D eigenvalue weighted by molar-refractivity contribution is 0.0708. The summed E-state index contributed by atoms with van der Waals surface area (Å²) in [4.78, 5) is 24.5. The number of aromatic hydroxyl groups is 1. The van der Waals surface area contributed by atoms with Crippen LogP contribution in [0.25, 0.3) is 10.8 Å². The highest BCUT2D eigenvalue weighted by Gasteiger charge is 2.17. The van der Waals surface area contributed by atoms with Gasteiger partial charge in [0, 0.05) is 10.9 Å². The van der Waals surface area contributed by atoms with E-state index in [0.29, 0.717) is 10.8 Å². The van der Waals surface area contributed by atoms with Gasteiger partial charge < -0.3 is 10.4 Å². The highest BCUT2D eigenvalue weighted by atomic mass is 16.5. The average Bonchev–Trinajstić information content (AvgIpc) is 2.61. The minimum absolute atomic E-state index is 0.0561. The Labute approximate surface area is 137 Å². The summed E-state index contributed by atoms with van der Waals surface area (Å²) in [5, 5.41) is 22.4. The number of rotatable bonds is 3. The molecule has 24 heavy (non-hydrogen) atoms. The van der Waals surface area contributed by atoms with Gasteiger partial charge in [0.15, 0.2) is 0 Å². The molecule has 4 N–H and O–H groups in total. The lowest BCUT2D eigenvalue weighted by Gasteiger charge is -2.12. The molecule has 0 aliphatic carbocycles. The Morgan fingerprint density at radius 2 is 1.42 bits per heavy atom. The third-order valence-corrected chi connectivity index (χ3v) is 3.65. The van der Waals surface area contributed by atoms with Crippen molar-refractivity contribution in [1.29, 1.82) is 0 Å². The molecule has 0 fully saturated rings. The fourth-order valence-corrected chi connectivity index (χ4v) is 2.55. The molecule has 0 spiro atoms. The molecular formula is C18H14N2O4. The molecule has 0 aliphatic heterocycles. The average molecular weight is 322 g/mol. The Hall–Kier alpha value is -3.38. The number of hydroxylamine groups is 1. The fourth-order valence-electron chi connectivity index (χ4n) is 2.55. The largest absolute Gasteiger partial charge is 0.506 e. The van der Waals surface area contributed by atoms with Crippen LogP contribution in [0.15, 0.2) is 60.7 Å². The van der Waals surface area contributed by atoms with Crippen molar-refractivity contribution in [3.63, 3.8) is 0 Å². The first kappa shape index (κ1) is 15.5. The van der Waals surface area contributed by atoms with E-state index in [1.54, 1.807) is 54.0 Å². The third-order valence-electron chi connectivity index (χ3n) is 3.65. The number of hydrogen-bond acceptors (Lipinski definition) is 4. The molecule has 0 aliphatic rings. The number of nitrogens with one attached hydrogen (secondary N) is 2. The Balaban J connectivity index is 2.10. The minimum atomic E-state index is -0.705. The van der Waals surface area contributed by atoms with Gasteiger partial charge in [-0.2, -0.15) is 0 Å².